The van der Waals surface area contributed by atoms with Crippen molar-refractivity contribution in [1.29, 1.82) is 0 Å². The molecule has 556 valence electrons. The monoisotopic (exact) mass is 1400 g/mol. The highest BCUT2D eigenvalue weighted by Gasteiger charge is 2.45. The average Bonchev–Trinajstić information content (AvgIpc) is 1.59. The number of nitrogens with zero attached hydrogens (tertiary/aromatic N) is 9. The standard InChI is InChI=1S/C70H110F4N12O13/c1-14-45(6)62-69(99)80(9)41-60(91)78(7)42-61(92)83(12)55(36-46-23-17-15-18-24-46)66(96)79(8)40-57(88)76-51(29-27-47-26-28-49(50(71)35-47)70(72,73)74)65(95)86-39-48(87)37-53(86)63(93)75-30-20-19-25-58(89)82(11)54(34-44(4)5)67(97)84(13)56(68(98)85-31-21-16-22-32-85)38-59(90)81(10)52(33-43(2)3)64(94)77-62/h26,28,35,43-46,48,51-56,62,87H,14-25,27,29-34,36-42H2,1-13H3,(H,75,93)(H,76,88)(H,77,94)/t45-,48?,51-,52-,53-,54-,55-,56-,62-/m0/s1. The molecule has 0 aromatic heterocycles. The molecular formula is C70H110F4N12O13. The van der Waals surface area contributed by atoms with Crippen LogP contribution in [0, 0.1) is 29.5 Å². The number of carbonyl (C=O) groups is 12. The molecule has 1 aromatic rings. The van der Waals surface area contributed by atoms with Crippen molar-refractivity contribution in [2.24, 2.45) is 23.7 Å². The molecule has 29 heteroatoms. The lowest BCUT2D eigenvalue weighted by Gasteiger charge is -2.38. The third-order valence-corrected chi connectivity index (χ3v) is 20.0. The summed E-state index contributed by atoms with van der Waals surface area (Å²) in [7, 11) is 9.76. The van der Waals surface area contributed by atoms with Crippen LogP contribution in [-0.4, -0.2) is 264 Å². The third-order valence-electron chi connectivity index (χ3n) is 20.0. The molecule has 99 heavy (non-hydrogen) atoms. The fraction of sp³-hybridized carbons (Fsp3) is 0.743. The first-order valence-corrected chi connectivity index (χ1v) is 35.2. The van der Waals surface area contributed by atoms with Crippen molar-refractivity contribution in [2.75, 3.05) is 95.1 Å². The van der Waals surface area contributed by atoms with Crippen LogP contribution in [0.15, 0.2) is 18.2 Å². The highest BCUT2D eigenvalue weighted by atomic mass is 19.4. The number of piperidine rings is 1. The van der Waals surface area contributed by atoms with Gasteiger partial charge in [-0.3, -0.25) is 57.5 Å². The minimum absolute atomic E-state index is 0.0117. The van der Waals surface area contributed by atoms with Crippen LogP contribution in [0.2, 0.25) is 0 Å². The second-order valence-corrected chi connectivity index (χ2v) is 28.7. The van der Waals surface area contributed by atoms with Crippen LogP contribution in [-0.2, 0) is 70.1 Å². The molecule has 3 heterocycles. The first-order valence-electron chi connectivity index (χ1n) is 35.2. The highest BCUT2D eigenvalue weighted by Crippen LogP contribution is 2.33. The lowest BCUT2D eigenvalue weighted by Crippen LogP contribution is -2.59. The Labute approximate surface area is 581 Å². The molecular weight excluding hydrogens is 1290 g/mol. The molecule has 0 radical (unpaired) electrons. The molecule has 4 N–H and O–H groups in total. The van der Waals surface area contributed by atoms with E-state index in [-0.39, 0.29) is 94.2 Å². The Morgan fingerprint density at radius 2 is 1.21 bits per heavy atom. The van der Waals surface area contributed by atoms with Gasteiger partial charge in [-0.15, -0.1) is 0 Å². The van der Waals surface area contributed by atoms with Crippen molar-refractivity contribution < 1.29 is 80.2 Å². The molecule has 9 atom stereocenters. The van der Waals surface area contributed by atoms with Gasteiger partial charge in [0.25, 0.3) is 0 Å². The number of aryl methyl sites for hydroxylation is 1. The van der Waals surface area contributed by atoms with Crippen molar-refractivity contribution in [1.82, 2.24) is 60.0 Å². The first-order chi connectivity index (χ1) is 46.5. The van der Waals surface area contributed by atoms with Gasteiger partial charge in [-0.1, -0.05) is 86.1 Å². The van der Waals surface area contributed by atoms with E-state index in [9.17, 15) is 80.2 Å². The van der Waals surface area contributed by atoms with E-state index in [1.807, 2.05) is 34.6 Å². The van der Waals surface area contributed by atoms with E-state index in [0.717, 1.165) is 64.2 Å². The van der Waals surface area contributed by atoms with Gasteiger partial charge in [-0.2, -0.15) is 13.2 Å². The number of halogens is 4. The topological polar surface area (TPSA) is 290 Å². The zero-order chi connectivity index (χ0) is 73.9. The largest absolute Gasteiger partial charge is 0.419 e. The molecule has 1 aromatic carbocycles. The van der Waals surface area contributed by atoms with Crippen LogP contribution in [0.5, 0.6) is 0 Å². The predicted molar refractivity (Wildman–Crippen MR) is 360 cm³/mol. The maximum atomic E-state index is 15.0. The summed E-state index contributed by atoms with van der Waals surface area (Å²) in [6, 6.07) is -6.65. The quantitative estimate of drug-likeness (QED) is 0.214. The van der Waals surface area contributed by atoms with Crippen LogP contribution in [0.1, 0.15) is 168 Å². The van der Waals surface area contributed by atoms with Crippen LogP contribution in [0.4, 0.5) is 17.6 Å². The number of carbonyl (C=O) groups excluding carboxylic acids is 12. The Hall–Kier alpha value is -7.46. The summed E-state index contributed by atoms with van der Waals surface area (Å²) in [6.45, 7) is 9.57. The number of alkyl halides is 3. The zero-order valence-electron chi connectivity index (χ0n) is 60.4. The number of aliphatic hydroxyl groups excluding tert-OH is 1. The van der Waals surface area contributed by atoms with Crippen molar-refractivity contribution in [3.05, 3.63) is 35.1 Å². The lowest BCUT2D eigenvalue weighted by atomic mass is 9.84. The van der Waals surface area contributed by atoms with Gasteiger partial charge >= 0.3 is 6.18 Å². The van der Waals surface area contributed by atoms with E-state index in [1.165, 1.54) is 68.9 Å². The zero-order valence-corrected chi connectivity index (χ0v) is 60.4. The van der Waals surface area contributed by atoms with Gasteiger partial charge in [0.1, 0.15) is 48.1 Å². The second kappa shape index (κ2) is 37.8. The Morgan fingerprint density at radius 1 is 0.626 bits per heavy atom. The number of aliphatic hydroxyl groups is 1. The van der Waals surface area contributed by atoms with E-state index in [2.05, 4.69) is 16.0 Å². The number of benzene rings is 1. The normalized spacial score (nSPS) is 25.9. The number of likely N-dealkylation sites (N-methyl/N-ethyl adjacent to an activating group) is 7. The lowest BCUT2D eigenvalue weighted by molar-refractivity contribution is -0.153. The van der Waals surface area contributed by atoms with Crippen LogP contribution in [0.25, 0.3) is 0 Å². The first kappa shape index (κ1) is 82.2. The van der Waals surface area contributed by atoms with E-state index < -0.39 is 169 Å². The molecule has 0 spiro atoms. The Balaban J connectivity index is 1.53. The predicted octanol–water partition coefficient (Wildman–Crippen LogP) is 4.20. The fourth-order valence-corrected chi connectivity index (χ4v) is 13.5. The molecule has 0 bridgehead atoms. The summed E-state index contributed by atoms with van der Waals surface area (Å²) in [6.07, 6.45) is 0.0439. The molecule has 1 saturated carbocycles. The Bertz CT molecular complexity index is 3000. The average molecular weight is 1400 g/mol. The molecule has 5 rings (SSSR count). The molecule has 3 saturated heterocycles. The maximum Gasteiger partial charge on any atom is 0.419 e. The van der Waals surface area contributed by atoms with E-state index in [0.29, 0.717) is 44.5 Å². The Morgan fingerprint density at radius 3 is 1.82 bits per heavy atom. The maximum absolute atomic E-state index is 15.0. The van der Waals surface area contributed by atoms with Gasteiger partial charge in [0.2, 0.25) is 70.9 Å². The number of amides is 12. The summed E-state index contributed by atoms with van der Waals surface area (Å²) in [4.78, 5) is 185. The van der Waals surface area contributed by atoms with E-state index in [1.54, 1.807) is 11.8 Å². The number of nitrogens with one attached hydrogen (secondary N) is 3. The molecule has 12 amide bonds. The smallest absolute Gasteiger partial charge is 0.391 e. The van der Waals surface area contributed by atoms with Crippen molar-refractivity contribution in [3.8, 4) is 0 Å². The van der Waals surface area contributed by atoms with Gasteiger partial charge in [-0.05, 0) is 106 Å². The molecule has 1 aliphatic carbocycles. The van der Waals surface area contributed by atoms with Crippen molar-refractivity contribution >= 4 is 70.9 Å². The minimum atomic E-state index is -5.01. The number of rotatable bonds is 12. The highest BCUT2D eigenvalue weighted by molar-refractivity contribution is 5.98. The van der Waals surface area contributed by atoms with Gasteiger partial charge in [-0.25, -0.2) is 4.39 Å². The molecule has 4 aliphatic rings. The van der Waals surface area contributed by atoms with Gasteiger partial charge < -0.3 is 65.2 Å². The summed E-state index contributed by atoms with van der Waals surface area (Å²) in [5.74, 6) is -10.4. The summed E-state index contributed by atoms with van der Waals surface area (Å²) >= 11 is 0. The number of likely N-dealkylation sites (tertiary alicyclic amines) is 1. The third kappa shape index (κ3) is 23.3. The summed E-state index contributed by atoms with van der Waals surface area (Å²) in [5.41, 5.74) is -1.49. The molecule has 1 unspecified atom stereocenters. The summed E-state index contributed by atoms with van der Waals surface area (Å²) < 4.78 is 55.7. The van der Waals surface area contributed by atoms with Crippen molar-refractivity contribution in [3.63, 3.8) is 0 Å². The number of fused-ring (bicyclic) bond motifs is 1. The van der Waals surface area contributed by atoms with E-state index in [4.69, 9.17) is 0 Å². The van der Waals surface area contributed by atoms with Crippen LogP contribution >= 0.6 is 0 Å². The van der Waals surface area contributed by atoms with Crippen LogP contribution in [0.3, 0.4) is 0 Å². The molecule has 4 fully saturated rings. The number of hydrogen-bond acceptors (Lipinski definition) is 13. The van der Waals surface area contributed by atoms with Gasteiger partial charge in [0, 0.05) is 88.4 Å². The SMILES string of the molecule is CC[C@H](C)[C@@H]1NC(=O)[C@H](CC(C)C)N(C)C(=O)C[C@@H](C(=O)N2CCCCC2)N(C)C(=O)[C@H](CC(C)C)N(C)C(=O)CCCCNC(=O)[C@@H]2CC(O)CN2C(=O)[C@H](CCc2ccc(C(F)(F)F)c(F)c2)NC(=O)CN(C)C(=O)[C@H](CC2CCCCC2)N(C)C(=O)CN(C)C(=O)CN(C)C1=O. The fourth-order valence-electron chi connectivity index (χ4n) is 13.5. The van der Waals surface area contributed by atoms with E-state index >= 15 is 0 Å². The Kier molecular flexibility index (Phi) is 31.4. The van der Waals surface area contributed by atoms with Crippen LogP contribution < -0.4 is 16.0 Å². The molecule has 25 nitrogen and oxygen atoms in total. The minimum Gasteiger partial charge on any atom is -0.391 e. The van der Waals surface area contributed by atoms with Gasteiger partial charge in [0.15, 0.2) is 0 Å². The van der Waals surface area contributed by atoms with Gasteiger partial charge in [0.05, 0.1) is 37.7 Å². The molecule has 3 aliphatic heterocycles. The second-order valence-electron chi connectivity index (χ2n) is 28.7. The number of hydrogen-bond donors (Lipinski definition) is 4. The van der Waals surface area contributed by atoms with Crippen molar-refractivity contribution in [2.45, 2.75) is 218 Å². The summed E-state index contributed by atoms with van der Waals surface area (Å²) in [5, 5.41) is 19.2.